The highest BCUT2D eigenvalue weighted by atomic mass is 35.5. The van der Waals surface area contributed by atoms with E-state index >= 15 is 0 Å². The molecule has 0 spiro atoms. The van der Waals surface area contributed by atoms with Crippen molar-refractivity contribution < 1.29 is 63.3 Å². The standard InChI is InChI=1S/C56H70ClN11O13S2/c1-31(69)49-56(81)67-46(55(80)64-42(50(59)75)25-35-10-19-39(71)20-11-35)30-83-82-29-45(62-47(73)23-14-33-6-15-37(57)16-7-33)54(79)66-44(27-36-12-21-40(72)22-13-36)53(78)65-43(52(77)63-41(51(76)68-49)5-3-4-24-58)26-34-8-17-38(18-9-34)61-48(74)28-60-32(2)70/h6-13,15-22,31,41-46,49,69,71-72H,3-5,14,23-30,58H2,1-2H3,(H2,59,75)(H,60,70)(H,61,74)(H,62,73)(H,63,77)(H,64,80)(H,65,78)(H,66,79)(H,67,81)(H,68,76)/t31?,41-,42+,43+,44-,45+,46-,49?/m0/s1. The van der Waals surface area contributed by atoms with E-state index < -0.39 is 107 Å². The van der Waals surface area contributed by atoms with Gasteiger partial charge in [-0.3, -0.25) is 47.9 Å². The monoisotopic (exact) mass is 1200 g/mol. The summed E-state index contributed by atoms with van der Waals surface area (Å²) in [7, 11) is 1.96. The first kappa shape index (κ1) is 65.9. The number of hydrogen-bond donors (Lipinski definition) is 14. The summed E-state index contributed by atoms with van der Waals surface area (Å²) < 4.78 is 0. The fourth-order valence-corrected chi connectivity index (χ4v) is 10.7. The average Bonchev–Trinajstić information content (AvgIpc) is 3.52. The minimum Gasteiger partial charge on any atom is -0.508 e. The number of primary amides is 1. The molecule has 2 unspecified atom stereocenters. The number of anilines is 1. The number of benzene rings is 4. The van der Waals surface area contributed by atoms with Gasteiger partial charge in [0.25, 0.3) is 0 Å². The predicted octanol–water partition coefficient (Wildman–Crippen LogP) is 0.270. The molecule has 10 amide bonds. The summed E-state index contributed by atoms with van der Waals surface area (Å²) in [5.41, 5.74) is 14.0. The zero-order valence-corrected chi connectivity index (χ0v) is 48.0. The first-order valence-electron chi connectivity index (χ1n) is 26.5. The van der Waals surface area contributed by atoms with Crippen molar-refractivity contribution in [1.82, 2.24) is 42.5 Å². The van der Waals surface area contributed by atoms with Crippen LogP contribution in [0.1, 0.15) is 61.8 Å². The van der Waals surface area contributed by atoms with Crippen LogP contribution in [0.4, 0.5) is 5.69 Å². The largest absolute Gasteiger partial charge is 0.508 e. The molecule has 83 heavy (non-hydrogen) atoms. The highest BCUT2D eigenvalue weighted by Crippen LogP contribution is 2.25. The van der Waals surface area contributed by atoms with E-state index in [0.29, 0.717) is 33.8 Å². The molecule has 0 radical (unpaired) electrons. The lowest BCUT2D eigenvalue weighted by Crippen LogP contribution is -2.62. The summed E-state index contributed by atoms with van der Waals surface area (Å²) in [6, 6.07) is 14.1. The van der Waals surface area contributed by atoms with E-state index in [1.807, 2.05) is 0 Å². The summed E-state index contributed by atoms with van der Waals surface area (Å²) in [4.78, 5) is 137. The lowest BCUT2D eigenvalue weighted by atomic mass is 10.0. The van der Waals surface area contributed by atoms with E-state index in [2.05, 4.69) is 47.9 Å². The Bertz CT molecular complexity index is 2890. The number of aliphatic hydroxyl groups excluding tert-OH is 1. The zero-order valence-electron chi connectivity index (χ0n) is 45.6. The number of phenols is 2. The number of aromatic hydroxyl groups is 2. The molecule has 27 heteroatoms. The van der Waals surface area contributed by atoms with Gasteiger partial charge < -0.3 is 74.6 Å². The highest BCUT2D eigenvalue weighted by Gasteiger charge is 2.36. The molecule has 16 N–H and O–H groups in total. The highest BCUT2D eigenvalue weighted by molar-refractivity contribution is 8.76. The molecule has 1 saturated heterocycles. The molecule has 4 aromatic carbocycles. The maximum atomic E-state index is 14.8. The number of phenolic OH excluding ortho intramolecular Hbond substituents is 2. The number of hydrogen-bond acceptors (Lipinski definition) is 16. The molecular formula is C56H70ClN11O13S2. The number of nitrogens with two attached hydrogens (primary N) is 2. The number of amides is 10. The van der Waals surface area contributed by atoms with Gasteiger partial charge in [0.1, 0.15) is 53.8 Å². The predicted molar refractivity (Wildman–Crippen MR) is 313 cm³/mol. The summed E-state index contributed by atoms with van der Waals surface area (Å²) in [5, 5.41) is 55.0. The summed E-state index contributed by atoms with van der Waals surface area (Å²) >= 11 is 6.07. The van der Waals surface area contributed by atoms with Crippen molar-refractivity contribution in [3.05, 3.63) is 124 Å². The second-order valence-electron chi connectivity index (χ2n) is 19.6. The van der Waals surface area contributed by atoms with Gasteiger partial charge in [0.2, 0.25) is 59.1 Å². The fraction of sp³-hybridized carbons (Fsp3) is 0.393. The van der Waals surface area contributed by atoms with Crippen LogP contribution in [0.3, 0.4) is 0 Å². The van der Waals surface area contributed by atoms with Crippen LogP contribution in [-0.4, -0.2) is 147 Å². The quantitative estimate of drug-likeness (QED) is 0.0393. The van der Waals surface area contributed by atoms with E-state index in [9.17, 15) is 63.3 Å². The minimum absolute atomic E-state index is 0.0517. The Kier molecular flexibility index (Phi) is 26.4. The molecule has 1 aliphatic heterocycles. The van der Waals surface area contributed by atoms with Crippen molar-refractivity contribution in [1.29, 1.82) is 0 Å². The Morgan fingerprint density at radius 3 is 1.76 bits per heavy atom. The molecule has 24 nitrogen and oxygen atoms in total. The smallest absolute Gasteiger partial charge is 0.245 e. The number of aliphatic hydroxyl groups is 1. The third kappa shape index (κ3) is 22.8. The van der Waals surface area contributed by atoms with Crippen molar-refractivity contribution in [2.75, 3.05) is 29.9 Å². The van der Waals surface area contributed by atoms with Crippen LogP contribution in [0.15, 0.2) is 97.1 Å². The van der Waals surface area contributed by atoms with Crippen LogP contribution < -0.4 is 59.3 Å². The van der Waals surface area contributed by atoms with E-state index in [4.69, 9.17) is 23.1 Å². The van der Waals surface area contributed by atoms with Crippen molar-refractivity contribution in [2.24, 2.45) is 11.5 Å². The van der Waals surface area contributed by atoms with Gasteiger partial charge in [0.05, 0.1) is 12.6 Å². The normalized spacial score (nSPS) is 20.1. The molecule has 1 aliphatic rings. The maximum Gasteiger partial charge on any atom is 0.245 e. The summed E-state index contributed by atoms with van der Waals surface area (Å²) in [6.07, 6.45) is -1.43. The van der Waals surface area contributed by atoms with Gasteiger partial charge in [-0.05, 0) is 110 Å². The van der Waals surface area contributed by atoms with E-state index in [0.717, 1.165) is 27.2 Å². The average molecular weight is 1200 g/mol. The Balaban J connectivity index is 1.56. The van der Waals surface area contributed by atoms with E-state index in [1.165, 1.54) is 74.5 Å². The van der Waals surface area contributed by atoms with Gasteiger partial charge in [0.15, 0.2) is 0 Å². The number of carbonyl (C=O) groups excluding carboxylic acids is 10. The first-order valence-corrected chi connectivity index (χ1v) is 29.4. The number of halogens is 1. The summed E-state index contributed by atoms with van der Waals surface area (Å²) in [6.45, 7) is 2.37. The third-order valence-corrected chi connectivity index (χ3v) is 15.6. The molecule has 0 aromatic heterocycles. The van der Waals surface area contributed by atoms with Crippen LogP contribution in [0, 0.1) is 0 Å². The molecule has 0 saturated carbocycles. The number of unbranched alkanes of at least 4 members (excludes halogenated alkanes) is 1. The molecule has 446 valence electrons. The first-order chi connectivity index (χ1) is 39.6. The molecule has 8 atom stereocenters. The molecular weight excluding hydrogens is 1130 g/mol. The minimum atomic E-state index is -1.76. The van der Waals surface area contributed by atoms with Crippen LogP contribution in [0.25, 0.3) is 0 Å². The van der Waals surface area contributed by atoms with Crippen molar-refractivity contribution >= 4 is 97.9 Å². The molecule has 1 heterocycles. The topological polar surface area (TPSA) is 392 Å². The Morgan fingerprint density at radius 2 is 1.19 bits per heavy atom. The van der Waals surface area contributed by atoms with E-state index in [-0.39, 0.29) is 81.0 Å². The Morgan fingerprint density at radius 1 is 0.663 bits per heavy atom. The number of nitrogens with one attached hydrogen (secondary N) is 9. The molecule has 4 aromatic rings. The van der Waals surface area contributed by atoms with Gasteiger partial charge in [0, 0.05) is 54.8 Å². The van der Waals surface area contributed by atoms with Gasteiger partial charge >= 0.3 is 0 Å². The maximum absolute atomic E-state index is 14.8. The van der Waals surface area contributed by atoms with E-state index in [1.54, 1.807) is 36.4 Å². The number of carbonyl (C=O) groups is 10. The lowest BCUT2D eigenvalue weighted by Gasteiger charge is -2.29. The van der Waals surface area contributed by atoms with Crippen molar-refractivity contribution in [3.8, 4) is 11.5 Å². The van der Waals surface area contributed by atoms with Crippen molar-refractivity contribution in [3.63, 3.8) is 0 Å². The number of aryl methyl sites for hydroxylation is 1. The van der Waals surface area contributed by atoms with Gasteiger partial charge in [-0.25, -0.2) is 0 Å². The Hall–Kier alpha value is -7.91. The second kappa shape index (κ2) is 33.3. The second-order valence-corrected chi connectivity index (χ2v) is 22.6. The fourth-order valence-electron chi connectivity index (χ4n) is 8.29. The third-order valence-electron chi connectivity index (χ3n) is 12.9. The zero-order chi connectivity index (χ0) is 60.6. The Labute approximate surface area is 492 Å². The van der Waals surface area contributed by atoms with Crippen LogP contribution >= 0.6 is 33.2 Å². The van der Waals surface area contributed by atoms with Gasteiger partial charge in [-0.1, -0.05) is 81.7 Å². The van der Waals surface area contributed by atoms with Crippen LogP contribution in [0.2, 0.25) is 5.02 Å². The lowest BCUT2D eigenvalue weighted by molar-refractivity contribution is -0.136. The molecule has 5 rings (SSSR count). The number of rotatable bonds is 21. The summed E-state index contributed by atoms with van der Waals surface area (Å²) in [5.74, 6) is -8.63. The molecule has 0 aliphatic carbocycles. The molecule has 1 fully saturated rings. The van der Waals surface area contributed by atoms with Crippen LogP contribution in [0.5, 0.6) is 11.5 Å². The van der Waals surface area contributed by atoms with Crippen molar-refractivity contribution in [2.45, 2.75) is 114 Å². The van der Waals surface area contributed by atoms with Gasteiger partial charge in [-0.15, -0.1) is 0 Å². The SMILES string of the molecule is CC(=O)NCC(=O)Nc1ccc(C[C@H]2NC(=O)[C@H](Cc3ccc(O)cc3)NC(=O)[C@H](NC(=O)CCc3ccc(Cl)cc3)CSSC[C@@H](C(=O)N[C@H](Cc3ccc(O)cc3)C(N)=O)NC(=O)C(C(C)O)NC(=O)[C@H](CCCCN)NC2=O)cc1. The van der Waals surface area contributed by atoms with Gasteiger partial charge in [-0.2, -0.15) is 0 Å². The van der Waals surface area contributed by atoms with Crippen LogP contribution in [-0.2, 0) is 73.6 Å². The molecule has 0 bridgehead atoms.